The lowest BCUT2D eigenvalue weighted by Gasteiger charge is -2.22. The van der Waals surface area contributed by atoms with Crippen LogP contribution in [0.3, 0.4) is 0 Å². The van der Waals surface area contributed by atoms with Crippen LogP contribution in [-0.2, 0) is 0 Å². The van der Waals surface area contributed by atoms with Crippen LogP contribution < -0.4 is 0 Å². The first-order valence-electron chi connectivity index (χ1n) is 32.7. The summed E-state index contributed by atoms with van der Waals surface area (Å²) in [5.41, 5.74) is 24.6. The summed E-state index contributed by atoms with van der Waals surface area (Å²) >= 11 is 0. The van der Waals surface area contributed by atoms with Crippen molar-refractivity contribution in [2.24, 2.45) is 0 Å². The molecule has 432 valence electrons. The van der Waals surface area contributed by atoms with Gasteiger partial charge >= 0.3 is 0 Å². The van der Waals surface area contributed by atoms with Crippen LogP contribution in [-0.4, -0.2) is 8.80 Å². The van der Waals surface area contributed by atoms with Gasteiger partial charge in [-0.15, -0.1) is 0 Å². The molecule has 0 unspecified atom stereocenters. The highest BCUT2D eigenvalue weighted by Gasteiger charge is 2.28. The fourth-order valence-corrected chi connectivity index (χ4v) is 17.1. The number of hydrogen-bond acceptors (Lipinski definition) is 0. The molecule has 0 spiro atoms. The molecule has 0 atom stereocenters. The third kappa shape index (κ3) is 7.09. The molecule has 4 heterocycles. The molecular formula is C92H54N2. The Morgan fingerprint density at radius 2 is 0.574 bits per heavy atom. The van der Waals surface area contributed by atoms with Gasteiger partial charge in [0.2, 0.25) is 0 Å². The Kier molecular flexibility index (Phi) is 10.7. The molecule has 0 fully saturated rings. The maximum Gasteiger partial charge on any atom is 0.0626 e. The van der Waals surface area contributed by atoms with Crippen molar-refractivity contribution in [3.8, 4) is 77.9 Å². The Morgan fingerprint density at radius 1 is 0.160 bits per heavy atom. The normalized spacial score (nSPS) is 12.3. The Morgan fingerprint density at radius 3 is 1.26 bits per heavy atom. The summed E-state index contributed by atoms with van der Waals surface area (Å²) in [5, 5.41) is 22.6. The highest BCUT2D eigenvalue weighted by molar-refractivity contribution is 6.33. The summed E-state index contributed by atoms with van der Waals surface area (Å²) in [6.07, 6.45) is 0. The SMILES string of the molecule is c1ccc(-c2c(-c3ccc4c5ccc(-c6c7ccccc7c(-c7ccc(-c8ccc9ccccc9c8)cc7)c7ccccc67)c6c7ccccc7n(c4c3)c56)cccc2-c2c3ccccc3c(-c3cccc4c3c3cccc5c6ccccc6n4c53)c3ccccc23)cc1. The zero-order valence-electron chi connectivity index (χ0n) is 51.1. The van der Waals surface area contributed by atoms with Crippen molar-refractivity contribution in [2.75, 3.05) is 0 Å². The molecule has 0 aliphatic heterocycles. The summed E-state index contributed by atoms with van der Waals surface area (Å²) in [6.45, 7) is 0. The number of rotatable bonds is 7. The molecule has 2 heteroatoms. The van der Waals surface area contributed by atoms with Crippen LogP contribution in [0.25, 0.3) is 208 Å². The molecule has 0 saturated carbocycles. The molecule has 0 N–H and O–H groups in total. The van der Waals surface area contributed by atoms with E-state index in [1.165, 1.54) is 208 Å². The number of benzene rings is 17. The highest BCUT2D eigenvalue weighted by Crippen LogP contribution is 2.54. The molecular weight excluding hydrogens is 1130 g/mol. The van der Waals surface area contributed by atoms with Crippen LogP contribution in [0.15, 0.2) is 328 Å². The third-order valence-corrected chi connectivity index (χ3v) is 21.0. The first-order valence-corrected chi connectivity index (χ1v) is 32.7. The second-order valence-corrected chi connectivity index (χ2v) is 25.6. The quantitative estimate of drug-likeness (QED) is 0.141. The zero-order valence-corrected chi connectivity index (χ0v) is 51.1. The van der Waals surface area contributed by atoms with Crippen molar-refractivity contribution < 1.29 is 0 Å². The van der Waals surface area contributed by atoms with Gasteiger partial charge in [-0.05, 0) is 162 Å². The van der Waals surface area contributed by atoms with Crippen molar-refractivity contribution in [3.63, 3.8) is 0 Å². The van der Waals surface area contributed by atoms with Crippen LogP contribution in [0.5, 0.6) is 0 Å². The van der Waals surface area contributed by atoms with Crippen LogP contribution in [0.4, 0.5) is 0 Å². The van der Waals surface area contributed by atoms with Gasteiger partial charge in [0.1, 0.15) is 0 Å². The molecule has 94 heavy (non-hydrogen) atoms. The Labute approximate surface area is 541 Å². The van der Waals surface area contributed by atoms with Gasteiger partial charge in [0.15, 0.2) is 0 Å². The summed E-state index contributed by atoms with van der Waals surface area (Å²) in [4.78, 5) is 0. The minimum Gasteiger partial charge on any atom is -0.308 e. The van der Waals surface area contributed by atoms with Gasteiger partial charge in [0, 0.05) is 43.1 Å². The topological polar surface area (TPSA) is 8.82 Å². The number of hydrogen-bond donors (Lipinski definition) is 0. The Bertz CT molecular complexity index is 6650. The van der Waals surface area contributed by atoms with E-state index in [1.807, 2.05) is 0 Å². The molecule has 4 aromatic heterocycles. The van der Waals surface area contributed by atoms with E-state index in [0.29, 0.717) is 0 Å². The van der Waals surface area contributed by atoms with Gasteiger partial charge in [-0.2, -0.15) is 0 Å². The molecule has 2 nitrogen and oxygen atoms in total. The third-order valence-electron chi connectivity index (χ3n) is 21.0. The second kappa shape index (κ2) is 19.6. The average molecular weight is 1190 g/mol. The predicted molar refractivity (Wildman–Crippen MR) is 401 cm³/mol. The number of aromatic nitrogens is 2. The zero-order chi connectivity index (χ0) is 61.3. The molecule has 21 aromatic rings. The van der Waals surface area contributed by atoms with Gasteiger partial charge in [-0.25, -0.2) is 0 Å². The maximum absolute atomic E-state index is 2.57. The lowest BCUT2D eigenvalue weighted by molar-refractivity contribution is 1.37. The minimum atomic E-state index is 1.17. The average Bonchev–Trinajstić information content (AvgIpc) is 1.50. The van der Waals surface area contributed by atoms with E-state index in [4.69, 9.17) is 0 Å². The molecule has 0 radical (unpaired) electrons. The second-order valence-electron chi connectivity index (χ2n) is 25.6. The lowest BCUT2D eigenvalue weighted by Crippen LogP contribution is -1.95. The number of fused-ring (bicyclic) bond motifs is 17. The van der Waals surface area contributed by atoms with Crippen molar-refractivity contribution in [1.29, 1.82) is 0 Å². The largest absolute Gasteiger partial charge is 0.308 e. The Hall–Kier alpha value is -12.4. The molecule has 0 aliphatic rings. The van der Waals surface area contributed by atoms with Crippen LogP contribution >= 0.6 is 0 Å². The monoisotopic (exact) mass is 1190 g/mol. The molecule has 0 bridgehead atoms. The molecule has 21 rings (SSSR count). The number of para-hydroxylation sites is 3. The summed E-state index contributed by atoms with van der Waals surface area (Å²) in [7, 11) is 0. The lowest BCUT2D eigenvalue weighted by atomic mass is 9.81. The van der Waals surface area contributed by atoms with E-state index in [9.17, 15) is 0 Å². The first-order chi connectivity index (χ1) is 46.7. The van der Waals surface area contributed by atoms with Gasteiger partial charge in [-0.3, -0.25) is 0 Å². The van der Waals surface area contributed by atoms with Crippen molar-refractivity contribution in [3.05, 3.63) is 328 Å². The van der Waals surface area contributed by atoms with Gasteiger partial charge in [0.25, 0.3) is 0 Å². The van der Waals surface area contributed by atoms with E-state index >= 15 is 0 Å². The smallest absolute Gasteiger partial charge is 0.0626 e. The molecule has 0 amide bonds. The van der Waals surface area contributed by atoms with E-state index in [2.05, 4.69) is 336 Å². The minimum absolute atomic E-state index is 1.17. The highest BCUT2D eigenvalue weighted by atomic mass is 14.9. The maximum atomic E-state index is 2.57. The van der Waals surface area contributed by atoms with E-state index in [0.717, 1.165) is 0 Å². The summed E-state index contributed by atoms with van der Waals surface area (Å²) in [6, 6.07) is 123. The molecule has 0 aliphatic carbocycles. The first kappa shape index (κ1) is 51.4. The summed E-state index contributed by atoms with van der Waals surface area (Å²) in [5.74, 6) is 0. The Balaban J connectivity index is 0.761. The van der Waals surface area contributed by atoms with Gasteiger partial charge in [0.05, 0.1) is 33.1 Å². The van der Waals surface area contributed by atoms with Crippen LogP contribution in [0.1, 0.15) is 0 Å². The molecule has 0 saturated heterocycles. The predicted octanol–water partition coefficient (Wildman–Crippen LogP) is 25.4. The molecule has 17 aromatic carbocycles. The van der Waals surface area contributed by atoms with E-state index in [-0.39, 0.29) is 0 Å². The van der Waals surface area contributed by atoms with E-state index < -0.39 is 0 Å². The summed E-state index contributed by atoms with van der Waals surface area (Å²) < 4.78 is 5.08. The fourth-order valence-electron chi connectivity index (χ4n) is 17.1. The van der Waals surface area contributed by atoms with Crippen LogP contribution in [0.2, 0.25) is 0 Å². The standard InChI is InChI=1S/C92H54N2/c1-2-22-57(23-3-1)84-62(35-18-37-76(84)86-69-30-10-12-32-71(69)87(72-33-13-11-31-70(72)86)77-38-20-42-82-89(77)79-39-19-36-73-63-25-14-16-40-80(63)93(82)91(73)79)61-49-50-64-74-51-52-78(90-75-34-15-17-41-81(75)94(92(74)90)83(64)54-61)88-67-28-8-6-26-65(67)85(66-27-7-9-29-68(66)88)58-46-43-56(44-47-58)60-48-45-55-21-4-5-24-59(55)53-60/h1-54H. The fraction of sp³-hybridized carbons (Fsp3) is 0. The van der Waals surface area contributed by atoms with Crippen molar-refractivity contribution in [1.82, 2.24) is 8.80 Å². The van der Waals surface area contributed by atoms with Crippen molar-refractivity contribution in [2.45, 2.75) is 0 Å². The van der Waals surface area contributed by atoms with Gasteiger partial charge in [-0.1, -0.05) is 297 Å². The van der Waals surface area contributed by atoms with Gasteiger partial charge < -0.3 is 8.80 Å². The van der Waals surface area contributed by atoms with Crippen LogP contribution in [0, 0.1) is 0 Å². The number of nitrogens with zero attached hydrogens (tertiary/aromatic N) is 2. The van der Waals surface area contributed by atoms with E-state index in [1.54, 1.807) is 0 Å². The van der Waals surface area contributed by atoms with Crippen molar-refractivity contribution >= 4 is 130 Å².